The van der Waals surface area contributed by atoms with Crippen LogP contribution in [0.5, 0.6) is 0 Å². The van der Waals surface area contributed by atoms with Crippen LogP contribution in [0.15, 0.2) is 35.1 Å². The number of likely N-dealkylation sites (N-methyl/N-ethyl adjacent to an activating group) is 1. The van der Waals surface area contributed by atoms with Gasteiger partial charge in [-0.2, -0.15) is 0 Å². The molecule has 1 unspecified atom stereocenters. The summed E-state index contributed by atoms with van der Waals surface area (Å²) in [5.74, 6) is -1.53. The van der Waals surface area contributed by atoms with E-state index >= 15 is 0 Å². The third-order valence-corrected chi connectivity index (χ3v) is 3.53. The molecule has 1 amide bonds. The van der Waals surface area contributed by atoms with Gasteiger partial charge in [0.2, 0.25) is 5.91 Å². The molecule has 2 aromatic rings. The lowest BCUT2D eigenvalue weighted by Gasteiger charge is -2.19. The van der Waals surface area contributed by atoms with E-state index in [2.05, 4.69) is 0 Å². The van der Waals surface area contributed by atoms with Gasteiger partial charge in [0.25, 0.3) is 5.56 Å². The SMILES string of the molecule is CC(C(N)=O)n1c(=O)ccc2cc(N(C)CC(=O)O)ccc21. The Balaban J connectivity index is 2.57. The molecule has 2 rings (SSSR count). The number of nitrogens with two attached hydrogens (primary N) is 1. The van der Waals surface area contributed by atoms with E-state index in [1.54, 1.807) is 43.1 Å². The summed E-state index contributed by atoms with van der Waals surface area (Å²) in [7, 11) is 1.66. The molecule has 0 saturated heterocycles. The number of hydrogen-bond donors (Lipinski definition) is 2. The van der Waals surface area contributed by atoms with Crippen LogP contribution in [0.1, 0.15) is 13.0 Å². The fourth-order valence-corrected chi connectivity index (χ4v) is 2.31. The van der Waals surface area contributed by atoms with Gasteiger partial charge in [0, 0.05) is 24.2 Å². The summed E-state index contributed by atoms with van der Waals surface area (Å²) < 4.78 is 1.33. The summed E-state index contributed by atoms with van der Waals surface area (Å²) in [4.78, 5) is 35.7. The largest absolute Gasteiger partial charge is 0.480 e. The predicted octanol–water partition coefficient (Wildman–Crippen LogP) is 0.569. The fourth-order valence-electron chi connectivity index (χ4n) is 2.31. The van der Waals surface area contributed by atoms with Gasteiger partial charge in [-0.3, -0.25) is 19.0 Å². The maximum atomic E-state index is 12.0. The Hall–Kier alpha value is -2.83. The number of carbonyl (C=O) groups is 2. The van der Waals surface area contributed by atoms with Gasteiger partial charge in [-0.1, -0.05) is 0 Å². The standard InChI is InChI=1S/C15H17N3O4/c1-9(15(16)22)18-12-5-4-11(17(2)8-14(20)21)7-10(12)3-6-13(18)19/h3-7,9H,8H2,1-2H3,(H2,16,22)(H,20,21). The van der Waals surface area contributed by atoms with Crippen LogP contribution < -0.4 is 16.2 Å². The number of primary amides is 1. The summed E-state index contributed by atoms with van der Waals surface area (Å²) in [5, 5.41) is 9.56. The topological polar surface area (TPSA) is 106 Å². The van der Waals surface area contributed by atoms with Crippen LogP contribution in [0.25, 0.3) is 10.9 Å². The van der Waals surface area contributed by atoms with Gasteiger partial charge in [-0.15, -0.1) is 0 Å². The molecule has 0 fully saturated rings. The van der Waals surface area contributed by atoms with Gasteiger partial charge < -0.3 is 15.7 Å². The molecule has 0 radical (unpaired) electrons. The van der Waals surface area contributed by atoms with Crippen LogP contribution in [0.4, 0.5) is 5.69 Å². The van der Waals surface area contributed by atoms with E-state index in [0.29, 0.717) is 11.2 Å². The number of carboxylic acids is 1. The zero-order chi connectivity index (χ0) is 16.4. The number of hydrogen-bond acceptors (Lipinski definition) is 4. The van der Waals surface area contributed by atoms with Crippen LogP contribution in [0, 0.1) is 0 Å². The van der Waals surface area contributed by atoms with E-state index in [-0.39, 0.29) is 12.1 Å². The van der Waals surface area contributed by atoms with Crippen molar-refractivity contribution in [1.82, 2.24) is 4.57 Å². The lowest BCUT2D eigenvalue weighted by Crippen LogP contribution is -2.32. The molecule has 7 nitrogen and oxygen atoms in total. The van der Waals surface area contributed by atoms with Crippen molar-refractivity contribution in [1.29, 1.82) is 0 Å². The third kappa shape index (κ3) is 2.93. The number of fused-ring (bicyclic) bond motifs is 1. The van der Waals surface area contributed by atoms with Crippen molar-refractivity contribution < 1.29 is 14.7 Å². The first-order chi connectivity index (χ1) is 10.3. The molecule has 1 heterocycles. The van der Waals surface area contributed by atoms with Crippen LogP contribution >= 0.6 is 0 Å². The summed E-state index contributed by atoms with van der Waals surface area (Å²) >= 11 is 0. The molecule has 0 bridgehead atoms. The Morgan fingerprint density at radius 1 is 1.32 bits per heavy atom. The lowest BCUT2D eigenvalue weighted by molar-refractivity contribution is -0.135. The number of rotatable bonds is 5. The summed E-state index contributed by atoms with van der Waals surface area (Å²) in [6.07, 6.45) is 0. The number of nitrogens with zero attached hydrogens (tertiary/aromatic N) is 2. The highest BCUT2D eigenvalue weighted by molar-refractivity contribution is 5.86. The van der Waals surface area contributed by atoms with Crippen LogP contribution in [-0.4, -0.2) is 35.1 Å². The Morgan fingerprint density at radius 3 is 2.59 bits per heavy atom. The van der Waals surface area contributed by atoms with Crippen LogP contribution in [0.3, 0.4) is 0 Å². The average Bonchev–Trinajstić information content (AvgIpc) is 2.45. The van der Waals surface area contributed by atoms with Crippen molar-refractivity contribution in [3.63, 3.8) is 0 Å². The number of aliphatic carboxylic acids is 1. The number of pyridine rings is 1. The van der Waals surface area contributed by atoms with Crippen molar-refractivity contribution in [2.45, 2.75) is 13.0 Å². The molecule has 0 aliphatic rings. The Morgan fingerprint density at radius 2 is 2.00 bits per heavy atom. The molecule has 0 saturated carbocycles. The number of aromatic nitrogens is 1. The van der Waals surface area contributed by atoms with Crippen molar-refractivity contribution in [2.24, 2.45) is 5.73 Å². The van der Waals surface area contributed by atoms with E-state index < -0.39 is 17.9 Å². The summed E-state index contributed by atoms with van der Waals surface area (Å²) in [5.41, 5.74) is 6.25. The maximum absolute atomic E-state index is 12.0. The minimum Gasteiger partial charge on any atom is -0.480 e. The molecule has 1 atom stereocenters. The van der Waals surface area contributed by atoms with E-state index in [9.17, 15) is 14.4 Å². The Bertz CT molecular complexity index is 797. The second kappa shape index (κ2) is 5.88. The Labute approximate surface area is 126 Å². The highest BCUT2D eigenvalue weighted by Gasteiger charge is 2.16. The highest BCUT2D eigenvalue weighted by atomic mass is 16.4. The zero-order valence-electron chi connectivity index (χ0n) is 12.3. The molecule has 1 aromatic heterocycles. The van der Waals surface area contributed by atoms with Crippen LogP contribution in [0.2, 0.25) is 0 Å². The van der Waals surface area contributed by atoms with Crippen molar-refractivity contribution >= 4 is 28.5 Å². The number of amides is 1. The second-order valence-corrected chi connectivity index (χ2v) is 5.11. The molecule has 22 heavy (non-hydrogen) atoms. The first-order valence-corrected chi connectivity index (χ1v) is 6.69. The van der Waals surface area contributed by atoms with Gasteiger partial charge in [-0.05, 0) is 31.2 Å². The summed E-state index contributed by atoms with van der Waals surface area (Å²) in [6.45, 7) is 1.43. The van der Waals surface area contributed by atoms with E-state index in [0.717, 1.165) is 5.39 Å². The molecule has 7 heteroatoms. The van der Waals surface area contributed by atoms with Crippen molar-refractivity contribution in [3.8, 4) is 0 Å². The van der Waals surface area contributed by atoms with Crippen molar-refractivity contribution in [2.75, 3.05) is 18.5 Å². The maximum Gasteiger partial charge on any atom is 0.323 e. The van der Waals surface area contributed by atoms with E-state index in [1.165, 1.54) is 10.6 Å². The summed E-state index contributed by atoms with van der Waals surface area (Å²) in [6, 6.07) is 7.39. The molecule has 1 aromatic carbocycles. The van der Waals surface area contributed by atoms with Crippen LogP contribution in [-0.2, 0) is 9.59 Å². The van der Waals surface area contributed by atoms with Gasteiger partial charge in [0.15, 0.2) is 0 Å². The Kier molecular flexibility index (Phi) is 4.16. The first-order valence-electron chi connectivity index (χ1n) is 6.69. The minimum atomic E-state index is -0.935. The molecular formula is C15H17N3O4. The number of benzene rings is 1. The monoisotopic (exact) mass is 303 g/mol. The highest BCUT2D eigenvalue weighted by Crippen LogP contribution is 2.22. The quantitative estimate of drug-likeness (QED) is 0.840. The average molecular weight is 303 g/mol. The smallest absolute Gasteiger partial charge is 0.323 e. The van der Waals surface area contributed by atoms with Gasteiger partial charge in [0.1, 0.15) is 12.6 Å². The van der Waals surface area contributed by atoms with Crippen molar-refractivity contribution in [3.05, 3.63) is 40.7 Å². The lowest BCUT2D eigenvalue weighted by atomic mass is 10.1. The predicted molar refractivity (Wildman–Crippen MR) is 83.0 cm³/mol. The van der Waals surface area contributed by atoms with Gasteiger partial charge >= 0.3 is 5.97 Å². The molecule has 0 aliphatic carbocycles. The molecule has 116 valence electrons. The number of anilines is 1. The van der Waals surface area contributed by atoms with E-state index in [4.69, 9.17) is 10.8 Å². The van der Waals surface area contributed by atoms with Gasteiger partial charge in [-0.25, -0.2) is 0 Å². The van der Waals surface area contributed by atoms with E-state index in [1.807, 2.05) is 0 Å². The number of carbonyl (C=O) groups excluding carboxylic acids is 1. The van der Waals surface area contributed by atoms with Gasteiger partial charge in [0.05, 0.1) is 5.52 Å². The second-order valence-electron chi connectivity index (χ2n) is 5.11. The fraction of sp³-hybridized carbons (Fsp3) is 0.267. The molecule has 3 N–H and O–H groups in total. The first kappa shape index (κ1) is 15.6. The normalized spacial score (nSPS) is 12.1. The molecule has 0 aliphatic heterocycles. The number of carboxylic acid groups (broad SMARTS) is 1. The third-order valence-electron chi connectivity index (χ3n) is 3.53. The molecule has 0 spiro atoms. The minimum absolute atomic E-state index is 0.136. The zero-order valence-corrected chi connectivity index (χ0v) is 12.3. The molecular weight excluding hydrogens is 286 g/mol.